The Bertz CT molecular complexity index is 786. The SMILES string of the molecule is CCN(CC)CCNC(=O)[C@H]1c2ccccc2C(=O)N(C)[C@H]1c1cccs1. The van der Waals surface area contributed by atoms with Gasteiger partial charge in [0.15, 0.2) is 0 Å². The molecule has 0 fully saturated rings. The maximum absolute atomic E-state index is 13.2. The minimum absolute atomic E-state index is 0.0210. The van der Waals surface area contributed by atoms with Gasteiger partial charge in [0.05, 0.1) is 12.0 Å². The van der Waals surface area contributed by atoms with Crippen LogP contribution in [0, 0.1) is 0 Å². The van der Waals surface area contributed by atoms with Gasteiger partial charge >= 0.3 is 0 Å². The number of fused-ring (bicyclic) bond motifs is 1. The molecule has 3 rings (SSSR count). The third kappa shape index (κ3) is 3.92. The highest BCUT2D eigenvalue weighted by molar-refractivity contribution is 7.10. The number of likely N-dealkylation sites (N-methyl/N-ethyl adjacent to an activating group) is 2. The summed E-state index contributed by atoms with van der Waals surface area (Å²) in [7, 11) is 1.79. The van der Waals surface area contributed by atoms with E-state index >= 15 is 0 Å². The predicted octanol–water partition coefficient (Wildman–Crippen LogP) is 3.12. The van der Waals surface area contributed by atoms with Crippen LogP contribution >= 0.6 is 11.3 Å². The number of nitrogens with zero attached hydrogens (tertiary/aromatic N) is 2. The summed E-state index contributed by atoms with van der Waals surface area (Å²) in [6, 6.07) is 11.2. The second-order valence-corrected chi connectivity index (χ2v) is 7.74. The molecule has 1 aliphatic rings. The molecule has 2 heterocycles. The van der Waals surface area contributed by atoms with Crippen LogP contribution in [0.25, 0.3) is 0 Å². The minimum atomic E-state index is -0.403. The first-order valence-electron chi connectivity index (χ1n) is 9.48. The van der Waals surface area contributed by atoms with Gasteiger partial charge in [-0.1, -0.05) is 38.1 Å². The number of hydrogen-bond donors (Lipinski definition) is 1. The zero-order valence-corrected chi connectivity index (χ0v) is 17.0. The van der Waals surface area contributed by atoms with E-state index < -0.39 is 5.92 Å². The summed E-state index contributed by atoms with van der Waals surface area (Å²) < 4.78 is 0. The summed E-state index contributed by atoms with van der Waals surface area (Å²) in [6.45, 7) is 7.60. The Morgan fingerprint density at radius 2 is 1.93 bits per heavy atom. The van der Waals surface area contributed by atoms with Crippen molar-refractivity contribution in [3.05, 3.63) is 57.8 Å². The van der Waals surface area contributed by atoms with Crippen LogP contribution in [-0.4, -0.2) is 54.8 Å². The van der Waals surface area contributed by atoms with Gasteiger partial charge in [0, 0.05) is 30.6 Å². The summed E-state index contributed by atoms with van der Waals surface area (Å²) in [5.74, 6) is -0.456. The standard InChI is InChI=1S/C21H27N3O2S/c1-4-24(5-2)13-12-22-20(25)18-15-9-6-7-10-16(15)21(26)23(3)19(18)17-11-8-14-27-17/h6-11,14,18-19H,4-5,12-13H2,1-3H3,(H,22,25)/t18-,19-/m0/s1. The predicted molar refractivity (Wildman–Crippen MR) is 109 cm³/mol. The molecule has 2 amide bonds. The molecule has 144 valence electrons. The summed E-state index contributed by atoms with van der Waals surface area (Å²) >= 11 is 1.58. The van der Waals surface area contributed by atoms with Crippen molar-refractivity contribution in [1.29, 1.82) is 0 Å². The smallest absolute Gasteiger partial charge is 0.254 e. The number of rotatable bonds is 7. The van der Waals surface area contributed by atoms with Crippen LogP contribution < -0.4 is 5.32 Å². The molecule has 6 heteroatoms. The Morgan fingerprint density at radius 3 is 2.59 bits per heavy atom. The zero-order valence-electron chi connectivity index (χ0n) is 16.1. The van der Waals surface area contributed by atoms with Crippen LogP contribution in [0.2, 0.25) is 0 Å². The van der Waals surface area contributed by atoms with Crippen LogP contribution in [-0.2, 0) is 4.79 Å². The lowest BCUT2D eigenvalue weighted by Gasteiger charge is -2.39. The van der Waals surface area contributed by atoms with E-state index in [-0.39, 0.29) is 17.9 Å². The molecule has 0 bridgehead atoms. The quantitative estimate of drug-likeness (QED) is 0.797. The van der Waals surface area contributed by atoms with Crippen molar-refractivity contribution in [2.24, 2.45) is 0 Å². The first-order chi connectivity index (χ1) is 13.1. The highest BCUT2D eigenvalue weighted by atomic mass is 32.1. The fourth-order valence-corrected chi connectivity index (χ4v) is 4.66. The van der Waals surface area contributed by atoms with Crippen molar-refractivity contribution in [3.63, 3.8) is 0 Å². The van der Waals surface area contributed by atoms with E-state index in [0.29, 0.717) is 12.1 Å². The Hall–Kier alpha value is -2.18. The number of carbonyl (C=O) groups excluding carboxylic acids is 2. The normalized spacial score (nSPS) is 19.3. The fraction of sp³-hybridized carbons (Fsp3) is 0.429. The number of thiophene rings is 1. The third-order valence-electron chi connectivity index (χ3n) is 5.32. The molecule has 5 nitrogen and oxygen atoms in total. The van der Waals surface area contributed by atoms with Crippen LogP contribution in [0.1, 0.15) is 46.6 Å². The molecule has 0 saturated carbocycles. The van der Waals surface area contributed by atoms with Crippen molar-refractivity contribution in [1.82, 2.24) is 15.1 Å². The van der Waals surface area contributed by atoms with Crippen molar-refractivity contribution < 1.29 is 9.59 Å². The largest absolute Gasteiger partial charge is 0.354 e. The van der Waals surface area contributed by atoms with E-state index in [1.807, 2.05) is 41.8 Å². The maximum Gasteiger partial charge on any atom is 0.254 e. The van der Waals surface area contributed by atoms with Gasteiger partial charge < -0.3 is 15.1 Å². The number of hydrogen-bond acceptors (Lipinski definition) is 4. The van der Waals surface area contributed by atoms with Crippen LogP contribution in [0.3, 0.4) is 0 Å². The molecular weight excluding hydrogens is 358 g/mol. The molecular formula is C21H27N3O2S. The van der Waals surface area contributed by atoms with E-state index in [4.69, 9.17) is 0 Å². The van der Waals surface area contributed by atoms with Crippen molar-refractivity contribution in [2.75, 3.05) is 33.2 Å². The number of amides is 2. The molecule has 1 N–H and O–H groups in total. The van der Waals surface area contributed by atoms with Gasteiger partial charge in [-0.15, -0.1) is 11.3 Å². The van der Waals surface area contributed by atoms with Crippen LogP contribution in [0.4, 0.5) is 0 Å². The van der Waals surface area contributed by atoms with E-state index in [9.17, 15) is 9.59 Å². The average Bonchev–Trinajstić information content (AvgIpc) is 3.22. The molecule has 0 spiro atoms. The minimum Gasteiger partial charge on any atom is -0.354 e. The molecule has 0 radical (unpaired) electrons. The number of nitrogens with one attached hydrogen (secondary N) is 1. The Kier molecular flexibility index (Phi) is 6.29. The Morgan fingerprint density at radius 1 is 1.19 bits per heavy atom. The van der Waals surface area contributed by atoms with E-state index in [1.165, 1.54) is 0 Å². The lowest BCUT2D eigenvalue weighted by Crippen LogP contribution is -2.46. The molecule has 1 aromatic carbocycles. The molecule has 0 aliphatic carbocycles. The van der Waals surface area contributed by atoms with Gasteiger partial charge in [0.2, 0.25) is 5.91 Å². The molecule has 0 saturated heterocycles. The highest BCUT2D eigenvalue weighted by Crippen LogP contribution is 2.43. The Balaban J connectivity index is 1.89. The Labute approximate surface area is 165 Å². The summed E-state index contributed by atoms with van der Waals surface area (Å²) in [4.78, 5) is 31.1. The fourth-order valence-electron chi connectivity index (χ4n) is 3.76. The first-order valence-corrected chi connectivity index (χ1v) is 10.4. The number of benzene rings is 1. The second kappa shape index (κ2) is 8.67. The lowest BCUT2D eigenvalue weighted by molar-refractivity contribution is -0.124. The monoisotopic (exact) mass is 385 g/mol. The average molecular weight is 386 g/mol. The van der Waals surface area contributed by atoms with Gasteiger partial charge in [-0.3, -0.25) is 9.59 Å². The van der Waals surface area contributed by atoms with Crippen LogP contribution in [0.15, 0.2) is 41.8 Å². The first kappa shape index (κ1) is 19.6. The summed E-state index contributed by atoms with van der Waals surface area (Å²) in [6.07, 6.45) is 0. The van der Waals surface area contributed by atoms with E-state index in [2.05, 4.69) is 24.1 Å². The molecule has 1 aromatic heterocycles. The second-order valence-electron chi connectivity index (χ2n) is 6.76. The van der Waals surface area contributed by atoms with E-state index in [0.717, 1.165) is 30.1 Å². The maximum atomic E-state index is 13.2. The van der Waals surface area contributed by atoms with E-state index in [1.54, 1.807) is 23.3 Å². The van der Waals surface area contributed by atoms with Gasteiger partial charge in [0.1, 0.15) is 0 Å². The number of carbonyl (C=O) groups is 2. The molecule has 2 atom stereocenters. The summed E-state index contributed by atoms with van der Waals surface area (Å²) in [5, 5.41) is 5.10. The van der Waals surface area contributed by atoms with Gasteiger partial charge in [-0.05, 0) is 36.2 Å². The zero-order chi connectivity index (χ0) is 19.4. The molecule has 1 aliphatic heterocycles. The van der Waals surface area contributed by atoms with Crippen molar-refractivity contribution >= 4 is 23.2 Å². The van der Waals surface area contributed by atoms with Gasteiger partial charge in [-0.25, -0.2) is 0 Å². The topological polar surface area (TPSA) is 52.7 Å². The van der Waals surface area contributed by atoms with Gasteiger partial charge in [0.25, 0.3) is 5.91 Å². The molecule has 27 heavy (non-hydrogen) atoms. The summed E-state index contributed by atoms with van der Waals surface area (Å²) in [5.41, 5.74) is 1.44. The van der Waals surface area contributed by atoms with Crippen LogP contribution in [0.5, 0.6) is 0 Å². The molecule has 2 aromatic rings. The lowest BCUT2D eigenvalue weighted by atomic mass is 9.82. The van der Waals surface area contributed by atoms with Crippen molar-refractivity contribution in [3.8, 4) is 0 Å². The van der Waals surface area contributed by atoms with Gasteiger partial charge in [-0.2, -0.15) is 0 Å². The highest BCUT2D eigenvalue weighted by Gasteiger charge is 2.42. The molecule has 0 unspecified atom stereocenters. The van der Waals surface area contributed by atoms with Crippen molar-refractivity contribution in [2.45, 2.75) is 25.8 Å². The third-order valence-corrected chi connectivity index (χ3v) is 6.26.